The smallest absolute Gasteiger partial charge is 0.348 e. The van der Waals surface area contributed by atoms with Crippen molar-refractivity contribution in [2.75, 3.05) is 18.2 Å². The van der Waals surface area contributed by atoms with Crippen molar-refractivity contribution in [3.05, 3.63) is 75.1 Å². The summed E-state index contributed by atoms with van der Waals surface area (Å²) in [5, 5.41) is 22.4. The molecule has 33 heavy (non-hydrogen) atoms. The molecule has 1 aliphatic rings. The number of nitrogens with one attached hydrogen (secondary N) is 1. The highest BCUT2D eigenvalue weighted by Crippen LogP contribution is 2.51. The minimum Gasteiger partial charge on any atom is -0.505 e. The van der Waals surface area contributed by atoms with E-state index in [-0.39, 0.29) is 34.7 Å². The maximum absolute atomic E-state index is 13.5. The second-order valence-electron chi connectivity index (χ2n) is 7.23. The standard InChI is InChI=1S/C21H18N5O5PS/c1-30-32(29)16-8-14(22)2-3-15(16)23-20(25-32)17-19(27)18(13-5-7-33-11-13)24-26(21(17)28)9-12-4-6-31-10-12/h2-8,10-11,27H,9,22H2,1H3,(H,23,25,29). The van der Waals surface area contributed by atoms with Gasteiger partial charge in [0.25, 0.3) is 5.56 Å². The first-order valence-electron chi connectivity index (χ1n) is 9.71. The fourth-order valence-corrected chi connectivity index (χ4v) is 5.70. The maximum Gasteiger partial charge on any atom is 0.348 e. The van der Waals surface area contributed by atoms with Crippen molar-refractivity contribution < 1.29 is 18.6 Å². The van der Waals surface area contributed by atoms with E-state index < -0.39 is 13.1 Å². The largest absolute Gasteiger partial charge is 0.505 e. The first-order chi connectivity index (χ1) is 15.9. The lowest BCUT2D eigenvalue weighted by Gasteiger charge is -2.25. The SMILES string of the molecule is COP1(=O)N=C(c2c(O)c(-c3ccsc3)nn(Cc3ccoc3)c2=O)Nc2ccc(N)cc21. The fraction of sp³-hybridized carbons (Fsp3) is 0.0952. The predicted molar refractivity (Wildman–Crippen MR) is 127 cm³/mol. The Balaban J connectivity index is 1.74. The zero-order valence-corrected chi connectivity index (χ0v) is 19.0. The van der Waals surface area contributed by atoms with Gasteiger partial charge in [0.15, 0.2) is 11.6 Å². The third kappa shape index (κ3) is 3.66. The molecule has 0 saturated heterocycles. The number of aromatic nitrogens is 2. The van der Waals surface area contributed by atoms with Crippen LogP contribution in [-0.2, 0) is 15.6 Å². The Morgan fingerprint density at radius 1 is 1.33 bits per heavy atom. The van der Waals surface area contributed by atoms with E-state index in [1.165, 1.54) is 41.7 Å². The van der Waals surface area contributed by atoms with Crippen molar-refractivity contribution in [3.8, 4) is 17.0 Å². The molecule has 0 radical (unpaired) electrons. The second-order valence-corrected chi connectivity index (χ2v) is 10.1. The number of anilines is 2. The van der Waals surface area contributed by atoms with Crippen molar-refractivity contribution in [1.29, 1.82) is 0 Å². The molecule has 4 aromatic rings. The Morgan fingerprint density at radius 3 is 2.88 bits per heavy atom. The molecule has 0 saturated carbocycles. The number of benzene rings is 1. The average molecular weight is 483 g/mol. The third-order valence-corrected chi connectivity index (χ3v) is 7.75. The molecule has 5 rings (SSSR count). The molecule has 4 N–H and O–H groups in total. The van der Waals surface area contributed by atoms with E-state index in [2.05, 4.69) is 15.2 Å². The summed E-state index contributed by atoms with van der Waals surface area (Å²) in [6.45, 7) is 0.0993. The summed E-state index contributed by atoms with van der Waals surface area (Å²) in [6, 6.07) is 8.23. The van der Waals surface area contributed by atoms with E-state index in [0.717, 1.165) is 0 Å². The quantitative estimate of drug-likeness (QED) is 0.290. The molecule has 0 bridgehead atoms. The molecular weight excluding hydrogens is 465 g/mol. The van der Waals surface area contributed by atoms with E-state index in [9.17, 15) is 14.5 Å². The number of furan rings is 1. The number of rotatable bonds is 5. The molecule has 3 aromatic heterocycles. The van der Waals surface area contributed by atoms with Crippen LogP contribution in [0.4, 0.5) is 11.4 Å². The van der Waals surface area contributed by atoms with Gasteiger partial charge in [0, 0.05) is 29.3 Å². The Hall–Kier alpha value is -3.66. The van der Waals surface area contributed by atoms with Crippen LogP contribution in [0.15, 0.2) is 67.6 Å². The van der Waals surface area contributed by atoms with Crippen LogP contribution in [0.3, 0.4) is 0 Å². The molecule has 0 fully saturated rings. The van der Waals surface area contributed by atoms with Gasteiger partial charge in [-0.2, -0.15) is 21.2 Å². The van der Waals surface area contributed by atoms with Crippen LogP contribution < -0.4 is 21.9 Å². The molecule has 1 atom stereocenters. The minimum absolute atomic E-state index is 0.0835. The lowest BCUT2D eigenvalue weighted by atomic mass is 10.1. The summed E-state index contributed by atoms with van der Waals surface area (Å²) in [6.07, 6.45) is 2.99. The number of aromatic hydroxyl groups is 1. The fourth-order valence-electron chi connectivity index (χ4n) is 3.51. The van der Waals surface area contributed by atoms with Crippen LogP contribution in [-0.4, -0.2) is 27.8 Å². The third-order valence-electron chi connectivity index (χ3n) is 5.13. The number of hydrogen-bond acceptors (Lipinski definition) is 9. The number of nitrogens with zero attached hydrogens (tertiary/aromatic N) is 3. The lowest BCUT2D eigenvalue weighted by molar-refractivity contribution is 0.404. The van der Waals surface area contributed by atoms with Gasteiger partial charge in [-0.1, -0.05) is 0 Å². The van der Waals surface area contributed by atoms with E-state index in [4.69, 9.17) is 14.7 Å². The highest BCUT2D eigenvalue weighted by molar-refractivity contribution is 7.66. The van der Waals surface area contributed by atoms with Gasteiger partial charge in [0.1, 0.15) is 11.3 Å². The number of nitrogen functional groups attached to an aromatic ring is 1. The van der Waals surface area contributed by atoms with Crippen LogP contribution in [0.25, 0.3) is 11.3 Å². The van der Waals surface area contributed by atoms with Gasteiger partial charge >= 0.3 is 7.52 Å². The highest BCUT2D eigenvalue weighted by Gasteiger charge is 2.35. The lowest BCUT2D eigenvalue weighted by Crippen LogP contribution is -2.35. The van der Waals surface area contributed by atoms with Gasteiger partial charge < -0.3 is 25.1 Å². The molecule has 4 heterocycles. The molecule has 0 spiro atoms. The van der Waals surface area contributed by atoms with Crippen molar-refractivity contribution >= 4 is 41.4 Å². The second kappa shape index (κ2) is 8.04. The van der Waals surface area contributed by atoms with E-state index >= 15 is 0 Å². The molecule has 12 heteroatoms. The first kappa shape index (κ1) is 21.2. The number of amidine groups is 1. The van der Waals surface area contributed by atoms with Crippen LogP contribution in [0.2, 0.25) is 0 Å². The Morgan fingerprint density at radius 2 is 2.18 bits per heavy atom. The van der Waals surface area contributed by atoms with Gasteiger partial charge in [-0.05, 0) is 35.7 Å². The Bertz CT molecular complexity index is 1480. The number of hydrogen-bond donors (Lipinski definition) is 3. The molecule has 0 amide bonds. The number of nitrogens with two attached hydrogens (primary N) is 1. The summed E-state index contributed by atoms with van der Waals surface area (Å²) < 4.78 is 29.3. The van der Waals surface area contributed by atoms with Gasteiger partial charge in [0.2, 0.25) is 0 Å². The monoisotopic (exact) mass is 483 g/mol. The summed E-state index contributed by atoms with van der Waals surface area (Å²) in [5.41, 5.74) is 7.37. The molecule has 1 aliphatic heterocycles. The van der Waals surface area contributed by atoms with Crippen molar-refractivity contribution in [2.24, 2.45) is 4.76 Å². The maximum atomic E-state index is 13.5. The number of thiophene rings is 1. The van der Waals surface area contributed by atoms with Gasteiger partial charge in [-0.25, -0.2) is 4.68 Å². The van der Waals surface area contributed by atoms with Crippen LogP contribution in [0.1, 0.15) is 11.1 Å². The molecule has 0 aliphatic carbocycles. The molecule has 1 aromatic carbocycles. The molecule has 168 valence electrons. The Kier molecular flexibility index (Phi) is 5.16. The van der Waals surface area contributed by atoms with Crippen molar-refractivity contribution in [3.63, 3.8) is 0 Å². The molecule has 10 nitrogen and oxygen atoms in total. The van der Waals surface area contributed by atoms with Crippen LogP contribution in [0, 0.1) is 0 Å². The average Bonchev–Trinajstić information content (AvgIpc) is 3.51. The number of fused-ring (bicyclic) bond motifs is 1. The normalized spacial score (nSPS) is 17.3. The predicted octanol–water partition coefficient (Wildman–Crippen LogP) is 3.24. The summed E-state index contributed by atoms with van der Waals surface area (Å²) >= 11 is 1.42. The van der Waals surface area contributed by atoms with Gasteiger partial charge in [0.05, 0.1) is 30.1 Å². The van der Waals surface area contributed by atoms with Crippen molar-refractivity contribution in [2.45, 2.75) is 6.54 Å². The highest BCUT2D eigenvalue weighted by atomic mass is 32.1. The minimum atomic E-state index is -3.77. The van der Waals surface area contributed by atoms with Gasteiger partial charge in [-0.15, -0.1) is 0 Å². The van der Waals surface area contributed by atoms with E-state index in [0.29, 0.717) is 22.5 Å². The van der Waals surface area contributed by atoms with Crippen molar-refractivity contribution in [1.82, 2.24) is 9.78 Å². The van der Waals surface area contributed by atoms with Crippen LogP contribution in [0.5, 0.6) is 5.75 Å². The summed E-state index contributed by atoms with van der Waals surface area (Å²) in [5.74, 6) is -0.464. The zero-order valence-electron chi connectivity index (χ0n) is 17.3. The zero-order chi connectivity index (χ0) is 23.2. The molecule has 1 unspecified atom stereocenters. The van der Waals surface area contributed by atoms with E-state index in [1.807, 2.05) is 5.38 Å². The van der Waals surface area contributed by atoms with Crippen LogP contribution >= 0.6 is 18.9 Å². The molecular formula is C21H18N5O5PS. The first-order valence-corrected chi connectivity index (χ1v) is 12.2. The Labute approximate surface area is 191 Å². The summed E-state index contributed by atoms with van der Waals surface area (Å²) in [4.78, 5) is 13.4. The van der Waals surface area contributed by atoms with E-state index in [1.54, 1.807) is 29.6 Å². The topological polar surface area (TPSA) is 145 Å². The summed E-state index contributed by atoms with van der Waals surface area (Å²) in [7, 11) is -2.50. The van der Waals surface area contributed by atoms with Gasteiger partial charge in [-0.3, -0.25) is 9.36 Å².